The summed E-state index contributed by atoms with van der Waals surface area (Å²) in [5.41, 5.74) is 10.2. The van der Waals surface area contributed by atoms with Crippen LogP contribution in [0.3, 0.4) is 0 Å². The maximum Gasteiger partial charge on any atom is 0.141 e. The monoisotopic (exact) mass is 329 g/mol. The van der Waals surface area contributed by atoms with Gasteiger partial charge in [-0.2, -0.15) is 0 Å². The summed E-state index contributed by atoms with van der Waals surface area (Å²) in [6.07, 6.45) is 0.864. The van der Waals surface area contributed by atoms with Gasteiger partial charge < -0.3 is 10.3 Å². The van der Waals surface area contributed by atoms with Crippen LogP contribution in [0.1, 0.15) is 5.56 Å². The molecule has 4 heteroatoms. The maximum atomic E-state index is 5.71. The van der Waals surface area contributed by atoms with E-state index in [1.165, 1.54) is 5.56 Å². The van der Waals surface area contributed by atoms with Gasteiger partial charge in [-0.15, -0.1) is 0 Å². The second-order valence-electron chi connectivity index (χ2n) is 4.82. The molecule has 1 heterocycles. The minimum atomic E-state index is 0.645. The second kappa shape index (κ2) is 5.38. The van der Waals surface area contributed by atoms with Gasteiger partial charge in [-0.05, 0) is 36.7 Å². The Morgan fingerprint density at radius 2 is 2.00 bits per heavy atom. The first-order chi connectivity index (χ1) is 9.70. The van der Waals surface area contributed by atoms with E-state index >= 15 is 0 Å². The van der Waals surface area contributed by atoms with Crippen LogP contribution in [0.15, 0.2) is 46.9 Å². The third-order valence-electron chi connectivity index (χ3n) is 3.51. The average molecular weight is 330 g/mol. The van der Waals surface area contributed by atoms with Gasteiger partial charge in [0.25, 0.3) is 0 Å². The Morgan fingerprint density at radius 1 is 1.20 bits per heavy atom. The summed E-state index contributed by atoms with van der Waals surface area (Å²) in [6.45, 7) is 0.645. The predicted molar refractivity (Wildman–Crippen MR) is 86.6 cm³/mol. The van der Waals surface area contributed by atoms with Crippen LogP contribution in [0, 0.1) is 0 Å². The lowest BCUT2D eigenvalue weighted by Crippen LogP contribution is -2.05. The molecule has 3 aromatic rings. The summed E-state index contributed by atoms with van der Waals surface area (Å²) in [7, 11) is 2.05. The van der Waals surface area contributed by atoms with E-state index in [0.717, 1.165) is 33.3 Å². The molecule has 0 spiro atoms. The van der Waals surface area contributed by atoms with Gasteiger partial charge in [-0.1, -0.05) is 40.2 Å². The fraction of sp³-hybridized carbons (Fsp3) is 0.188. The van der Waals surface area contributed by atoms with E-state index < -0.39 is 0 Å². The van der Waals surface area contributed by atoms with E-state index in [0.29, 0.717) is 6.54 Å². The molecule has 0 amide bonds. The summed E-state index contributed by atoms with van der Waals surface area (Å²) >= 11 is 3.50. The smallest absolute Gasteiger partial charge is 0.141 e. The predicted octanol–water partition coefficient (Wildman–Crippen LogP) is 3.50. The third-order valence-corrected chi connectivity index (χ3v) is 4.01. The molecule has 2 aromatic carbocycles. The Labute approximate surface area is 126 Å². The van der Waals surface area contributed by atoms with Crippen molar-refractivity contribution in [1.29, 1.82) is 0 Å². The van der Waals surface area contributed by atoms with Crippen molar-refractivity contribution >= 4 is 27.0 Å². The maximum absolute atomic E-state index is 5.71. The lowest BCUT2D eigenvalue weighted by Gasteiger charge is -2.08. The van der Waals surface area contributed by atoms with Crippen molar-refractivity contribution in [2.75, 3.05) is 6.54 Å². The van der Waals surface area contributed by atoms with Gasteiger partial charge in [0, 0.05) is 17.1 Å². The molecule has 0 atom stereocenters. The highest BCUT2D eigenvalue weighted by Crippen LogP contribution is 2.28. The van der Waals surface area contributed by atoms with Gasteiger partial charge in [-0.3, -0.25) is 0 Å². The fourth-order valence-electron chi connectivity index (χ4n) is 2.53. The van der Waals surface area contributed by atoms with Crippen molar-refractivity contribution in [3.63, 3.8) is 0 Å². The van der Waals surface area contributed by atoms with Crippen molar-refractivity contribution in [3.8, 4) is 11.4 Å². The lowest BCUT2D eigenvalue weighted by atomic mass is 10.0. The summed E-state index contributed by atoms with van der Waals surface area (Å²) in [5.74, 6) is 0.988. The third kappa shape index (κ3) is 2.25. The number of nitrogens with zero attached hydrogens (tertiary/aromatic N) is 2. The van der Waals surface area contributed by atoms with Crippen LogP contribution in [0.4, 0.5) is 0 Å². The molecule has 20 heavy (non-hydrogen) atoms. The van der Waals surface area contributed by atoms with Crippen molar-refractivity contribution in [2.45, 2.75) is 6.42 Å². The molecule has 3 rings (SSSR count). The minimum absolute atomic E-state index is 0.645. The van der Waals surface area contributed by atoms with Crippen molar-refractivity contribution < 1.29 is 0 Å². The molecule has 0 unspecified atom stereocenters. The van der Waals surface area contributed by atoms with Crippen LogP contribution in [0.2, 0.25) is 0 Å². The zero-order valence-electron chi connectivity index (χ0n) is 11.3. The van der Waals surface area contributed by atoms with E-state index in [1.807, 2.05) is 24.3 Å². The largest absolute Gasteiger partial charge is 0.330 e. The highest BCUT2D eigenvalue weighted by Gasteiger charge is 2.12. The van der Waals surface area contributed by atoms with Crippen LogP contribution >= 0.6 is 15.9 Å². The summed E-state index contributed by atoms with van der Waals surface area (Å²) in [4.78, 5) is 4.78. The molecular weight excluding hydrogens is 314 g/mol. The first kappa shape index (κ1) is 13.3. The Balaban J connectivity index is 2.22. The van der Waals surface area contributed by atoms with E-state index in [1.54, 1.807) is 0 Å². The number of rotatable bonds is 3. The van der Waals surface area contributed by atoms with Crippen LogP contribution < -0.4 is 5.73 Å². The molecule has 0 bridgehead atoms. The number of hydrogen-bond donors (Lipinski definition) is 1. The zero-order chi connectivity index (χ0) is 14.1. The van der Waals surface area contributed by atoms with Crippen molar-refractivity contribution in [2.24, 2.45) is 12.8 Å². The van der Waals surface area contributed by atoms with E-state index in [9.17, 15) is 0 Å². The Morgan fingerprint density at radius 3 is 2.80 bits per heavy atom. The minimum Gasteiger partial charge on any atom is -0.330 e. The summed E-state index contributed by atoms with van der Waals surface area (Å²) in [5, 5.41) is 0. The van der Waals surface area contributed by atoms with Gasteiger partial charge in [0.1, 0.15) is 5.82 Å². The number of hydrogen-bond acceptors (Lipinski definition) is 2. The van der Waals surface area contributed by atoms with Crippen molar-refractivity contribution in [3.05, 3.63) is 52.5 Å². The van der Waals surface area contributed by atoms with E-state index in [-0.39, 0.29) is 0 Å². The topological polar surface area (TPSA) is 43.8 Å². The first-order valence-corrected chi connectivity index (χ1v) is 7.40. The molecule has 2 N–H and O–H groups in total. The number of nitrogens with two attached hydrogens (primary N) is 1. The fourth-order valence-corrected chi connectivity index (χ4v) is 2.87. The quantitative estimate of drug-likeness (QED) is 0.799. The highest BCUT2D eigenvalue weighted by atomic mass is 79.9. The van der Waals surface area contributed by atoms with Gasteiger partial charge in [0.15, 0.2) is 0 Å². The molecule has 0 radical (unpaired) electrons. The molecule has 0 fully saturated rings. The number of imidazole rings is 1. The second-order valence-corrected chi connectivity index (χ2v) is 5.74. The number of fused-ring (bicyclic) bond motifs is 1. The van der Waals surface area contributed by atoms with E-state index in [2.05, 4.69) is 45.7 Å². The summed E-state index contributed by atoms with van der Waals surface area (Å²) < 4.78 is 3.18. The molecule has 0 aliphatic heterocycles. The molecule has 102 valence electrons. The molecule has 1 aromatic heterocycles. The lowest BCUT2D eigenvalue weighted by molar-refractivity contribution is 0.937. The Bertz CT molecular complexity index is 762. The van der Waals surface area contributed by atoms with E-state index in [4.69, 9.17) is 10.7 Å². The van der Waals surface area contributed by atoms with Crippen LogP contribution in [0.5, 0.6) is 0 Å². The first-order valence-electron chi connectivity index (χ1n) is 6.61. The van der Waals surface area contributed by atoms with Crippen LogP contribution in [-0.2, 0) is 13.5 Å². The number of aryl methyl sites for hydroxylation is 1. The molecule has 0 saturated carbocycles. The average Bonchev–Trinajstić information content (AvgIpc) is 2.76. The zero-order valence-corrected chi connectivity index (χ0v) is 12.9. The van der Waals surface area contributed by atoms with Crippen molar-refractivity contribution in [1.82, 2.24) is 9.55 Å². The van der Waals surface area contributed by atoms with Gasteiger partial charge in [-0.25, -0.2) is 4.98 Å². The SMILES string of the molecule is Cn1c(-c2ccccc2CCN)nc2cc(Br)ccc21. The molecule has 0 aliphatic carbocycles. The van der Waals surface area contributed by atoms with Crippen LogP contribution in [0.25, 0.3) is 22.4 Å². The Hall–Kier alpha value is -1.65. The van der Waals surface area contributed by atoms with Crippen LogP contribution in [-0.4, -0.2) is 16.1 Å². The molecular formula is C16H16BrN3. The number of aromatic nitrogens is 2. The van der Waals surface area contributed by atoms with Gasteiger partial charge in [0.05, 0.1) is 11.0 Å². The molecule has 0 saturated heterocycles. The molecule has 0 aliphatic rings. The van der Waals surface area contributed by atoms with Gasteiger partial charge in [0.2, 0.25) is 0 Å². The molecule has 3 nitrogen and oxygen atoms in total. The Kier molecular flexibility index (Phi) is 3.59. The summed E-state index contributed by atoms with van der Waals surface area (Å²) in [6, 6.07) is 14.5. The highest BCUT2D eigenvalue weighted by molar-refractivity contribution is 9.10. The van der Waals surface area contributed by atoms with Gasteiger partial charge >= 0.3 is 0 Å². The standard InChI is InChI=1S/C16H16BrN3/c1-20-15-7-6-12(17)10-14(15)19-16(20)13-5-3-2-4-11(13)8-9-18/h2-7,10H,8-9,18H2,1H3. The normalized spacial score (nSPS) is 11.2. The number of halogens is 1. The number of benzene rings is 2.